The van der Waals surface area contributed by atoms with Crippen LogP contribution in [0.5, 0.6) is 0 Å². The molecule has 0 atom stereocenters. The topological polar surface area (TPSA) is 24.4 Å². The van der Waals surface area contributed by atoms with E-state index in [1.54, 1.807) is 11.8 Å². The van der Waals surface area contributed by atoms with Crippen LogP contribution in [0.15, 0.2) is 28.1 Å². The van der Waals surface area contributed by atoms with Crippen LogP contribution in [0.2, 0.25) is 5.02 Å². The molecule has 1 N–H and O–H groups in total. The summed E-state index contributed by atoms with van der Waals surface area (Å²) in [6.07, 6.45) is 2.44. The van der Waals surface area contributed by atoms with Gasteiger partial charge in [-0.3, -0.25) is 4.99 Å². The smallest absolute Gasteiger partial charge is 0.112 e. The number of aliphatic imine (C=N–C) groups is 1. The molecule has 1 aromatic carbocycles. The minimum Gasteiger partial charge on any atom is -0.342 e. The molecule has 1 heterocycles. The van der Waals surface area contributed by atoms with Crippen LogP contribution >= 0.6 is 23.4 Å². The molecule has 3 rings (SSSR count). The van der Waals surface area contributed by atoms with Crippen LogP contribution in [0.1, 0.15) is 19.8 Å². The van der Waals surface area contributed by atoms with E-state index in [4.69, 9.17) is 16.6 Å². The van der Waals surface area contributed by atoms with Gasteiger partial charge in [-0.2, -0.15) is 0 Å². The van der Waals surface area contributed by atoms with Crippen molar-refractivity contribution in [1.82, 2.24) is 0 Å². The van der Waals surface area contributed by atoms with E-state index in [0.717, 1.165) is 22.3 Å². The number of fused-ring (bicyclic) bond motifs is 1. The zero-order chi connectivity index (χ0) is 11.2. The number of amidine groups is 1. The van der Waals surface area contributed by atoms with E-state index in [-0.39, 0.29) is 5.54 Å². The fourth-order valence-corrected chi connectivity index (χ4v) is 2.89. The predicted octanol–water partition coefficient (Wildman–Crippen LogP) is 3.81. The van der Waals surface area contributed by atoms with Gasteiger partial charge in [0, 0.05) is 9.92 Å². The molecule has 0 spiro atoms. The van der Waals surface area contributed by atoms with Gasteiger partial charge in [0.05, 0.1) is 17.0 Å². The van der Waals surface area contributed by atoms with E-state index in [2.05, 4.69) is 12.2 Å². The molecular weight excluding hydrogens is 240 g/mol. The highest BCUT2D eigenvalue weighted by molar-refractivity contribution is 8.00. The minimum atomic E-state index is 0.215. The van der Waals surface area contributed by atoms with Gasteiger partial charge in [0.1, 0.15) is 5.84 Å². The van der Waals surface area contributed by atoms with Crippen molar-refractivity contribution in [3.05, 3.63) is 23.2 Å². The number of nitrogens with zero attached hydrogens (tertiary/aromatic N) is 1. The van der Waals surface area contributed by atoms with E-state index in [1.807, 2.05) is 18.2 Å². The first kappa shape index (κ1) is 10.5. The van der Waals surface area contributed by atoms with E-state index in [0.29, 0.717) is 0 Å². The summed E-state index contributed by atoms with van der Waals surface area (Å²) in [6, 6.07) is 5.94. The molecule has 0 amide bonds. The van der Waals surface area contributed by atoms with Crippen molar-refractivity contribution >= 4 is 34.9 Å². The van der Waals surface area contributed by atoms with Crippen molar-refractivity contribution in [3.63, 3.8) is 0 Å². The van der Waals surface area contributed by atoms with E-state index >= 15 is 0 Å². The summed E-state index contributed by atoms with van der Waals surface area (Å²) in [5.41, 5.74) is 1.34. The molecule has 1 fully saturated rings. The number of rotatable bonds is 1. The Hall–Kier alpha value is -0.670. The van der Waals surface area contributed by atoms with Crippen LogP contribution < -0.4 is 5.32 Å². The SMILES string of the molecule is CC1(N=C2CSc3cc(Cl)ccc3N2)CC1. The van der Waals surface area contributed by atoms with Crippen molar-refractivity contribution in [2.45, 2.75) is 30.2 Å². The van der Waals surface area contributed by atoms with Crippen molar-refractivity contribution in [2.24, 2.45) is 4.99 Å². The van der Waals surface area contributed by atoms with Gasteiger partial charge >= 0.3 is 0 Å². The maximum Gasteiger partial charge on any atom is 0.112 e. The zero-order valence-corrected chi connectivity index (χ0v) is 10.7. The Bertz CT molecular complexity index is 466. The van der Waals surface area contributed by atoms with Gasteiger partial charge in [0.2, 0.25) is 0 Å². The second-order valence-electron chi connectivity index (χ2n) is 4.61. The van der Waals surface area contributed by atoms with Gasteiger partial charge in [0.15, 0.2) is 0 Å². The lowest BCUT2D eigenvalue weighted by Crippen LogP contribution is -2.21. The van der Waals surface area contributed by atoms with Gasteiger partial charge < -0.3 is 5.32 Å². The third-order valence-electron chi connectivity index (χ3n) is 2.97. The monoisotopic (exact) mass is 252 g/mol. The molecule has 2 aliphatic rings. The number of benzene rings is 1. The average Bonchev–Trinajstić information content (AvgIpc) is 2.96. The van der Waals surface area contributed by atoms with Gasteiger partial charge in [-0.05, 0) is 38.0 Å². The van der Waals surface area contributed by atoms with Crippen LogP contribution in [-0.4, -0.2) is 17.1 Å². The number of hydrogen-bond acceptors (Lipinski definition) is 2. The molecule has 2 nitrogen and oxygen atoms in total. The summed E-state index contributed by atoms with van der Waals surface area (Å²) < 4.78 is 0. The number of nitrogens with one attached hydrogen (secondary N) is 1. The third-order valence-corrected chi connectivity index (χ3v) is 4.27. The second kappa shape index (κ2) is 3.67. The van der Waals surface area contributed by atoms with Crippen LogP contribution in [0.3, 0.4) is 0 Å². The molecule has 1 saturated carbocycles. The molecular formula is C12H13ClN2S. The van der Waals surface area contributed by atoms with Crippen LogP contribution in [0.4, 0.5) is 5.69 Å². The molecule has 0 unspecified atom stereocenters. The Labute approximate surface area is 104 Å². The highest BCUT2D eigenvalue weighted by Crippen LogP contribution is 2.40. The molecule has 0 aromatic heterocycles. The largest absolute Gasteiger partial charge is 0.342 e. The Morgan fingerprint density at radius 3 is 3.00 bits per heavy atom. The maximum atomic E-state index is 5.96. The van der Waals surface area contributed by atoms with Gasteiger partial charge in [-0.25, -0.2) is 0 Å². The summed E-state index contributed by atoms with van der Waals surface area (Å²) in [5, 5.41) is 4.19. The fraction of sp³-hybridized carbons (Fsp3) is 0.417. The van der Waals surface area contributed by atoms with E-state index < -0.39 is 0 Å². The van der Waals surface area contributed by atoms with Gasteiger partial charge in [0.25, 0.3) is 0 Å². The quantitative estimate of drug-likeness (QED) is 0.822. The van der Waals surface area contributed by atoms with Crippen molar-refractivity contribution in [1.29, 1.82) is 0 Å². The first-order valence-corrected chi connectivity index (χ1v) is 6.79. The number of anilines is 1. The predicted molar refractivity (Wildman–Crippen MR) is 70.9 cm³/mol. The Kier molecular flexibility index (Phi) is 2.41. The molecule has 0 saturated heterocycles. The lowest BCUT2D eigenvalue weighted by molar-refractivity contribution is 0.764. The number of halogens is 1. The first-order chi connectivity index (χ1) is 7.65. The highest BCUT2D eigenvalue weighted by atomic mass is 35.5. The minimum absolute atomic E-state index is 0.215. The normalized spacial score (nSPS) is 23.8. The second-order valence-corrected chi connectivity index (χ2v) is 6.06. The highest BCUT2D eigenvalue weighted by Gasteiger charge is 2.37. The average molecular weight is 253 g/mol. The summed E-state index contributed by atoms with van der Waals surface area (Å²) in [7, 11) is 0. The van der Waals surface area contributed by atoms with Crippen LogP contribution in [0.25, 0.3) is 0 Å². The van der Waals surface area contributed by atoms with Crippen molar-refractivity contribution < 1.29 is 0 Å². The van der Waals surface area contributed by atoms with Gasteiger partial charge in [-0.15, -0.1) is 11.8 Å². The summed E-state index contributed by atoms with van der Waals surface area (Å²) in [5.74, 6) is 2.02. The summed E-state index contributed by atoms with van der Waals surface area (Å²) in [4.78, 5) is 5.97. The van der Waals surface area contributed by atoms with Gasteiger partial charge in [-0.1, -0.05) is 11.6 Å². The maximum absolute atomic E-state index is 5.96. The number of hydrogen-bond donors (Lipinski definition) is 1. The molecule has 16 heavy (non-hydrogen) atoms. The first-order valence-electron chi connectivity index (χ1n) is 5.43. The standard InChI is InChI=1S/C12H13ClN2S/c1-12(4-5-12)15-11-7-16-10-6-8(13)2-3-9(10)14-11/h2-3,6H,4-5,7H2,1H3,(H,14,15). The lowest BCUT2D eigenvalue weighted by atomic mass is 10.3. The Morgan fingerprint density at radius 1 is 1.44 bits per heavy atom. The van der Waals surface area contributed by atoms with Crippen molar-refractivity contribution in [2.75, 3.05) is 11.1 Å². The van der Waals surface area contributed by atoms with Crippen LogP contribution in [-0.2, 0) is 0 Å². The van der Waals surface area contributed by atoms with Crippen molar-refractivity contribution in [3.8, 4) is 0 Å². The fourth-order valence-electron chi connectivity index (χ4n) is 1.74. The Balaban J connectivity index is 1.86. The third kappa shape index (κ3) is 2.06. The Morgan fingerprint density at radius 2 is 2.25 bits per heavy atom. The molecule has 84 valence electrons. The summed E-state index contributed by atoms with van der Waals surface area (Å²) >= 11 is 7.76. The summed E-state index contributed by atoms with van der Waals surface area (Å²) in [6.45, 7) is 2.21. The molecule has 4 heteroatoms. The zero-order valence-electron chi connectivity index (χ0n) is 9.09. The molecule has 1 aromatic rings. The van der Waals surface area contributed by atoms with E-state index in [1.165, 1.54) is 17.7 Å². The molecule has 1 aliphatic carbocycles. The molecule has 0 radical (unpaired) electrons. The number of thioether (sulfide) groups is 1. The lowest BCUT2D eigenvalue weighted by Gasteiger charge is -2.20. The molecule has 1 aliphatic heterocycles. The molecule has 0 bridgehead atoms. The van der Waals surface area contributed by atoms with E-state index in [9.17, 15) is 0 Å². The van der Waals surface area contributed by atoms with Crippen LogP contribution in [0, 0.1) is 0 Å².